The Morgan fingerprint density at radius 2 is 1.59 bits per heavy atom. The average molecular weight is 581 g/mol. The molecule has 0 spiro atoms. The molecule has 0 unspecified atom stereocenters. The summed E-state index contributed by atoms with van der Waals surface area (Å²) in [5.74, 6) is 0.0947. The highest BCUT2D eigenvalue weighted by Gasteiger charge is 2.33. The molecule has 2 aromatic carbocycles. The van der Waals surface area contributed by atoms with Crippen LogP contribution in [0, 0.1) is 11.8 Å². The number of nitrogens with one attached hydrogen (secondary N) is 1. The predicted octanol–water partition coefficient (Wildman–Crippen LogP) is 6.72. The Bertz CT molecular complexity index is 1350. The molecule has 0 radical (unpaired) electrons. The van der Waals surface area contributed by atoms with Gasteiger partial charge in [0.2, 0.25) is 5.91 Å². The van der Waals surface area contributed by atoms with Crippen molar-refractivity contribution in [1.82, 2.24) is 9.88 Å². The van der Waals surface area contributed by atoms with Crippen LogP contribution in [-0.4, -0.2) is 54.9 Å². The van der Waals surface area contributed by atoms with E-state index in [-0.39, 0.29) is 17.6 Å². The zero-order valence-electron chi connectivity index (χ0n) is 22.1. The van der Waals surface area contributed by atoms with Gasteiger partial charge in [0.15, 0.2) is 0 Å². The lowest BCUT2D eigenvalue weighted by Crippen LogP contribution is -2.50. The van der Waals surface area contributed by atoms with Gasteiger partial charge in [-0.15, -0.1) is 13.2 Å². The molecule has 1 aromatic heterocycles. The Labute approximate surface area is 233 Å². The predicted molar refractivity (Wildman–Crippen MR) is 143 cm³/mol. The lowest BCUT2D eigenvalue weighted by Gasteiger charge is -2.39. The summed E-state index contributed by atoms with van der Waals surface area (Å²) in [6.45, 7) is 2.84. The van der Waals surface area contributed by atoms with Gasteiger partial charge in [0.25, 0.3) is 0 Å². The third-order valence-corrected chi connectivity index (χ3v) is 7.87. The van der Waals surface area contributed by atoms with E-state index in [2.05, 4.69) is 15.0 Å². The first-order valence-corrected chi connectivity index (χ1v) is 13.6. The van der Waals surface area contributed by atoms with Crippen molar-refractivity contribution < 1.29 is 35.9 Å². The summed E-state index contributed by atoms with van der Waals surface area (Å²) in [6, 6.07) is 10.9. The van der Waals surface area contributed by atoms with Gasteiger partial charge in [0, 0.05) is 61.6 Å². The minimum Gasteiger partial charge on any atom is -0.406 e. The number of rotatable bonds is 6. The zero-order valence-corrected chi connectivity index (χ0v) is 22.1. The standard InChI is InChI=1S/C29H30F6N4O2/c30-28(31,32)21-5-10-25-24(17-21)26(11-12-36-25)37-18-19-1-3-20(4-2-19)27(40)39-15-13-38(14-16-39)22-6-8-23(9-7-22)41-29(33,34)35/h5-12,17,19-20H,1-4,13-16,18H2,(H,36,37). The number of aromatic nitrogens is 1. The van der Waals surface area contributed by atoms with Crippen LogP contribution < -0.4 is 15.0 Å². The van der Waals surface area contributed by atoms with E-state index >= 15 is 0 Å². The molecule has 1 aliphatic heterocycles. The molecule has 12 heteroatoms. The number of anilines is 2. The number of carbonyl (C=O) groups excluding carboxylic acids is 1. The number of nitrogens with zero attached hydrogens (tertiary/aromatic N) is 3. The van der Waals surface area contributed by atoms with E-state index in [1.165, 1.54) is 18.2 Å². The summed E-state index contributed by atoms with van der Waals surface area (Å²) in [5.41, 5.74) is 1.16. The summed E-state index contributed by atoms with van der Waals surface area (Å²) in [5, 5.41) is 3.73. The number of alkyl halides is 6. The van der Waals surface area contributed by atoms with Gasteiger partial charge in [0.05, 0.1) is 11.1 Å². The molecule has 0 bridgehead atoms. The number of hydrogen-bond donors (Lipinski definition) is 1. The van der Waals surface area contributed by atoms with Crippen LogP contribution in [0.15, 0.2) is 54.7 Å². The molecule has 1 saturated heterocycles. The molecule has 0 atom stereocenters. The second-order valence-corrected chi connectivity index (χ2v) is 10.5. The van der Waals surface area contributed by atoms with E-state index in [4.69, 9.17) is 0 Å². The third-order valence-electron chi connectivity index (χ3n) is 7.87. The van der Waals surface area contributed by atoms with Gasteiger partial charge in [0.1, 0.15) is 5.75 Å². The van der Waals surface area contributed by atoms with E-state index in [0.717, 1.165) is 43.5 Å². The highest BCUT2D eigenvalue weighted by Crippen LogP contribution is 2.35. The molecular weight excluding hydrogens is 550 g/mol. The minimum absolute atomic E-state index is 0.0623. The Balaban J connectivity index is 1.09. The maximum absolute atomic E-state index is 13.2. The van der Waals surface area contributed by atoms with Crippen LogP contribution >= 0.6 is 0 Å². The first kappa shape index (κ1) is 28.8. The molecule has 3 aromatic rings. The maximum Gasteiger partial charge on any atom is 0.573 e. The number of hydrogen-bond acceptors (Lipinski definition) is 5. The van der Waals surface area contributed by atoms with Crippen molar-refractivity contribution in [3.63, 3.8) is 0 Å². The normalized spacial score (nSPS) is 20.2. The molecule has 2 aliphatic rings. The smallest absolute Gasteiger partial charge is 0.406 e. The molecule has 5 rings (SSSR count). The molecule has 1 amide bonds. The molecule has 6 nitrogen and oxygen atoms in total. The summed E-state index contributed by atoms with van der Waals surface area (Å²) in [7, 11) is 0. The summed E-state index contributed by atoms with van der Waals surface area (Å²) >= 11 is 0. The highest BCUT2D eigenvalue weighted by molar-refractivity contribution is 5.91. The topological polar surface area (TPSA) is 57.7 Å². The van der Waals surface area contributed by atoms with E-state index in [1.54, 1.807) is 24.4 Å². The molecular formula is C29H30F6N4O2. The molecule has 2 fully saturated rings. The quantitative estimate of drug-likeness (QED) is 0.328. The van der Waals surface area contributed by atoms with E-state index < -0.39 is 18.1 Å². The maximum atomic E-state index is 13.2. The number of piperazine rings is 1. The van der Waals surface area contributed by atoms with Crippen molar-refractivity contribution in [3.8, 4) is 5.75 Å². The number of amides is 1. The van der Waals surface area contributed by atoms with E-state index in [0.29, 0.717) is 55.2 Å². The van der Waals surface area contributed by atoms with Crippen molar-refractivity contribution in [2.45, 2.75) is 38.2 Å². The van der Waals surface area contributed by atoms with E-state index in [1.807, 2.05) is 9.80 Å². The van der Waals surface area contributed by atoms with E-state index in [9.17, 15) is 31.1 Å². The molecule has 220 valence electrons. The SMILES string of the molecule is O=C(C1CCC(CNc2ccnc3ccc(C(F)(F)F)cc23)CC1)N1CCN(c2ccc(OC(F)(F)F)cc2)CC1. The van der Waals surface area contributed by atoms with Crippen LogP contribution in [0.3, 0.4) is 0 Å². The molecule has 1 aliphatic carbocycles. The van der Waals surface area contributed by atoms with Crippen LogP contribution in [0.2, 0.25) is 0 Å². The van der Waals surface area contributed by atoms with Crippen LogP contribution in [0.1, 0.15) is 31.2 Å². The lowest BCUT2D eigenvalue weighted by molar-refractivity contribution is -0.274. The van der Waals surface area contributed by atoms with Crippen molar-refractivity contribution in [1.29, 1.82) is 0 Å². The molecule has 1 saturated carbocycles. The van der Waals surface area contributed by atoms with Crippen LogP contribution in [0.4, 0.5) is 37.7 Å². The Morgan fingerprint density at radius 1 is 0.902 bits per heavy atom. The Kier molecular flexibility index (Phi) is 8.19. The van der Waals surface area contributed by atoms with Gasteiger partial charge in [-0.05, 0) is 80.1 Å². The fourth-order valence-corrected chi connectivity index (χ4v) is 5.65. The zero-order chi connectivity index (χ0) is 29.2. The lowest BCUT2D eigenvalue weighted by atomic mass is 9.81. The van der Waals surface area contributed by atoms with Crippen molar-refractivity contribution in [2.24, 2.45) is 11.8 Å². The number of fused-ring (bicyclic) bond motifs is 1. The van der Waals surface area contributed by atoms with Gasteiger partial charge >= 0.3 is 12.5 Å². The second kappa shape index (κ2) is 11.7. The second-order valence-electron chi connectivity index (χ2n) is 10.5. The first-order chi connectivity index (χ1) is 19.5. The summed E-state index contributed by atoms with van der Waals surface area (Å²) < 4.78 is 80.7. The highest BCUT2D eigenvalue weighted by atomic mass is 19.4. The summed E-state index contributed by atoms with van der Waals surface area (Å²) in [4.78, 5) is 21.3. The number of benzene rings is 2. The van der Waals surface area contributed by atoms with Crippen LogP contribution in [-0.2, 0) is 11.0 Å². The number of pyridine rings is 1. The van der Waals surface area contributed by atoms with Gasteiger partial charge in [-0.25, -0.2) is 0 Å². The minimum atomic E-state index is -4.73. The van der Waals surface area contributed by atoms with Gasteiger partial charge < -0.3 is 19.9 Å². The van der Waals surface area contributed by atoms with Gasteiger partial charge in [-0.2, -0.15) is 13.2 Å². The Hall–Kier alpha value is -3.70. The van der Waals surface area contributed by atoms with Crippen molar-refractivity contribution in [2.75, 3.05) is 42.9 Å². The molecule has 1 N–H and O–H groups in total. The van der Waals surface area contributed by atoms with Crippen molar-refractivity contribution >= 4 is 28.2 Å². The summed E-state index contributed by atoms with van der Waals surface area (Å²) in [6.07, 6.45) is -4.41. The number of halogens is 6. The Morgan fingerprint density at radius 3 is 2.22 bits per heavy atom. The molecule has 41 heavy (non-hydrogen) atoms. The van der Waals surface area contributed by atoms with Crippen molar-refractivity contribution in [3.05, 3.63) is 60.3 Å². The fourth-order valence-electron chi connectivity index (χ4n) is 5.65. The third kappa shape index (κ3) is 7.15. The fraction of sp³-hybridized carbons (Fsp3) is 0.448. The van der Waals surface area contributed by atoms with Gasteiger partial charge in [-0.3, -0.25) is 9.78 Å². The first-order valence-electron chi connectivity index (χ1n) is 13.6. The van der Waals surface area contributed by atoms with Crippen LogP contribution in [0.25, 0.3) is 10.9 Å². The van der Waals surface area contributed by atoms with Crippen LogP contribution in [0.5, 0.6) is 5.75 Å². The monoisotopic (exact) mass is 580 g/mol. The largest absolute Gasteiger partial charge is 0.573 e. The number of ether oxygens (including phenoxy) is 1. The van der Waals surface area contributed by atoms with Gasteiger partial charge in [-0.1, -0.05) is 0 Å². The average Bonchev–Trinajstić information content (AvgIpc) is 2.95. The number of carbonyl (C=O) groups is 1. The molecule has 2 heterocycles.